The molecule has 0 bridgehead atoms. The monoisotopic (exact) mass is 607 g/mol. The second-order valence-electron chi connectivity index (χ2n) is 12.0. The second-order valence-corrected chi connectivity index (χ2v) is 12.0. The Bertz CT molecular complexity index is 1640. The maximum absolute atomic E-state index is 14.1. The smallest absolute Gasteiger partial charge is 0.416 e. The molecule has 0 saturated heterocycles. The summed E-state index contributed by atoms with van der Waals surface area (Å²) >= 11 is 0. The molecule has 1 heterocycles. The highest BCUT2D eigenvalue weighted by Crippen LogP contribution is 2.44. The van der Waals surface area contributed by atoms with Crippen LogP contribution in [0.1, 0.15) is 76.4 Å². The Morgan fingerprint density at radius 1 is 1.11 bits per heavy atom. The number of hydrogen-bond acceptors (Lipinski definition) is 4. The van der Waals surface area contributed by atoms with Crippen LogP contribution >= 0.6 is 0 Å². The topological polar surface area (TPSA) is 64.4 Å². The molecular weight excluding hydrogens is 567 g/mol. The van der Waals surface area contributed by atoms with E-state index < -0.39 is 17.8 Å². The first-order valence-corrected chi connectivity index (χ1v) is 15.5. The predicted octanol–water partition coefficient (Wildman–Crippen LogP) is 7.78. The third-order valence-electron chi connectivity index (χ3n) is 8.95. The van der Waals surface area contributed by atoms with Crippen molar-refractivity contribution in [3.8, 4) is 0 Å². The molecule has 1 amide bonds. The minimum atomic E-state index is -4.50. The molecule has 2 aliphatic rings. The van der Waals surface area contributed by atoms with Crippen molar-refractivity contribution < 1.29 is 22.7 Å². The van der Waals surface area contributed by atoms with Crippen LogP contribution in [0.25, 0.3) is 16.6 Å². The number of rotatable bonds is 11. The Hall–Kier alpha value is -3.88. The van der Waals surface area contributed by atoms with Crippen molar-refractivity contribution in [2.24, 2.45) is 17.8 Å². The molecule has 4 atom stereocenters. The molecule has 234 valence electrons. The van der Waals surface area contributed by atoms with Crippen LogP contribution in [-0.2, 0) is 22.1 Å². The third kappa shape index (κ3) is 6.76. The number of ether oxygens (including phenoxy) is 1. The molecule has 4 unspecified atom stereocenters. The molecule has 0 spiro atoms. The number of carbonyl (C=O) groups excluding carboxylic acids is 1. The van der Waals surface area contributed by atoms with Crippen LogP contribution in [0.3, 0.4) is 0 Å². The SMILES string of the molecule is CCOC1=CC=C(n2c(C(C)N(CCC3CC3CC)C(=O)Cc3cccc(C(F)(F)F)c3)nc3ccccc3c2=O)C(C)C1. The summed E-state index contributed by atoms with van der Waals surface area (Å²) < 4.78 is 47.7. The van der Waals surface area contributed by atoms with Gasteiger partial charge in [-0.05, 0) is 74.4 Å². The number of amides is 1. The molecule has 1 aromatic heterocycles. The molecule has 9 heteroatoms. The van der Waals surface area contributed by atoms with E-state index >= 15 is 0 Å². The van der Waals surface area contributed by atoms with E-state index in [1.165, 1.54) is 6.07 Å². The Labute approximate surface area is 256 Å². The van der Waals surface area contributed by atoms with Gasteiger partial charge < -0.3 is 9.64 Å². The van der Waals surface area contributed by atoms with Gasteiger partial charge in [0.25, 0.3) is 5.56 Å². The lowest BCUT2D eigenvalue weighted by atomic mass is 9.96. The van der Waals surface area contributed by atoms with E-state index in [4.69, 9.17) is 9.72 Å². The summed E-state index contributed by atoms with van der Waals surface area (Å²) in [5.41, 5.74) is 0.581. The molecule has 2 aliphatic carbocycles. The largest absolute Gasteiger partial charge is 0.498 e. The highest BCUT2D eigenvalue weighted by Gasteiger charge is 2.37. The molecule has 0 N–H and O–H groups in total. The van der Waals surface area contributed by atoms with Crippen LogP contribution in [0, 0.1) is 17.8 Å². The first kappa shape index (κ1) is 31.5. The number of hydrogen-bond donors (Lipinski definition) is 0. The predicted molar refractivity (Wildman–Crippen MR) is 166 cm³/mol. The van der Waals surface area contributed by atoms with E-state index in [9.17, 15) is 22.8 Å². The van der Waals surface area contributed by atoms with E-state index in [1.807, 2.05) is 39.0 Å². The summed E-state index contributed by atoms with van der Waals surface area (Å²) in [6.07, 6.45) is 2.67. The fourth-order valence-corrected chi connectivity index (χ4v) is 6.36. The minimum Gasteiger partial charge on any atom is -0.498 e. The molecule has 5 rings (SSSR count). The number of nitrogens with zero attached hydrogens (tertiary/aromatic N) is 3. The van der Waals surface area contributed by atoms with Crippen molar-refractivity contribution in [2.45, 2.75) is 72.0 Å². The van der Waals surface area contributed by atoms with E-state index in [0.29, 0.717) is 53.7 Å². The fourth-order valence-electron chi connectivity index (χ4n) is 6.36. The van der Waals surface area contributed by atoms with Gasteiger partial charge >= 0.3 is 6.18 Å². The fraction of sp³-hybridized carbons (Fsp3) is 0.457. The Kier molecular flexibility index (Phi) is 9.32. The van der Waals surface area contributed by atoms with Crippen LogP contribution in [0.5, 0.6) is 0 Å². The number of halogens is 3. The highest BCUT2D eigenvalue weighted by atomic mass is 19.4. The van der Waals surface area contributed by atoms with Crippen molar-refractivity contribution in [3.05, 3.63) is 93.7 Å². The van der Waals surface area contributed by atoms with Gasteiger partial charge in [0.1, 0.15) is 5.82 Å². The molecule has 1 fully saturated rings. The van der Waals surface area contributed by atoms with Gasteiger partial charge in [0.15, 0.2) is 0 Å². The van der Waals surface area contributed by atoms with E-state index in [2.05, 4.69) is 6.92 Å². The van der Waals surface area contributed by atoms with Gasteiger partial charge in [-0.1, -0.05) is 50.6 Å². The van der Waals surface area contributed by atoms with Crippen molar-refractivity contribution in [2.75, 3.05) is 13.2 Å². The summed E-state index contributed by atoms with van der Waals surface area (Å²) in [5, 5.41) is 0.474. The third-order valence-corrected chi connectivity index (χ3v) is 8.95. The average molecular weight is 608 g/mol. The zero-order chi connectivity index (χ0) is 31.6. The standard InChI is InChI=1S/C35H40F3N3O3/c1-5-25-21-26(25)16-17-40(32(42)20-24-10-9-11-27(19-24)35(36,37)38)23(4)33-39-30-13-8-7-12-29(30)34(43)41(33)31-15-14-28(44-6-2)18-22(31)3/h7-15,19,22-23,25-26H,5-6,16-18,20-21H2,1-4H3. The van der Waals surface area contributed by atoms with Gasteiger partial charge in [-0.15, -0.1) is 0 Å². The number of allylic oxidation sites excluding steroid dienone is 4. The lowest BCUT2D eigenvalue weighted by molar-refractivity contribution is -0.138. The average Bonchev–Trinajstić information content (AvgIpc) is 3.76. The summed E-state index contributed by atoms with van der Waals surface area (Å²) in [6.45, 7) is 8.94. The maximum Gasteiger partial charge on any atom is 0.416 e. The zero-order valence-corrected chi connectivity index (χ0v) is 25.7. The first-order valence-electron chi connectivity index (χ1n) is 15.5. The van der Waals surface area contributed by atoms with Gasteiger partial charge in [0, 0.05) is 24.6 Å². The van der Waals surface area contributed by atoms with Gasteiger partial charge in [0.2, 0.25) is 5.91 Å². The van der Waals surface area contributed by atoms with Gasteiger partial charge in [0.05, 0.1) is 41.3 Å². The summed E-state index contributed by atoms with van der Waals surface area (Å²) in [7, 11) is 0. The Morgan fingerprint density at radius 3 is 2.57 bits per heavy atom. The quantitative estimate of drug-likeness (QED) is 0.223. The summed E-state index contributed by atoms with van der Waals surface area (Å²) in [4.78, 5) is 34.7. The number of para-hydroxylation sites is 1. The lowest BCUT2D eigenvalue weighted by Gasteiger charge is -2.32. The normalized spacial score (nSPS) is 20.6. The molecule has 3 aromatic rings. The van der Waals surface area contributed by atoms with Gasteiger partial charge in [-0.25, -0.2) is 4.98 Å². The molecule has 44 heavy (non-hydrogen) atoms. The molecule has 1 saturated carbocycles. The van der Waals surface area contributed by atoms with Gasteiger partial charge in [-0.2, -0.15) is 13.2 Å². The minimum absolute atomic E-state index is 0.0563. The van der Waals surface area contributed by atoms with Crippen LogP contribution < -0.4 is 5.56 Å². The Balaban J connectivity index is 1.56. The lowest BCUT2D eigenvalue weighted by Crippen LogP contribution is -2.39. The van der Waals surface area contributed by atoms with Crippen molar-refractivity contribution in [1.29, 1.82) is 0 Å². The zero-order valence-electron chi connectivity index (χ0n) is 25.7. The van der Waals surface area contributed by atoms with Crippen LogP contribution in [0.15, 0.2) is 71.2 Å². The number of aromatic nitrogens is 2. The second kappa shape index (κ2) is 13.0. The van der Waals surface area contributed by atoms with E-state index in [1.54, 1.807) is 33.7 Å². The summed E-state index contributed by atoms with van der Waals surface area (Å²) in [5.74, 6) is 2.05. The van der Waals surface area contributed by atoms with Crippen LogP contribution in [0.4, 0.5) is 13.2 Å². The van der Waals surface area contributed by atoms with Crippen LogP contribution in [0.2, 0.25) is 0 Å². The van der Waals surface area contributed by atoms with Crippen molar-refractivity contribution in [1.82, 2.24) is 14.5 Å². The number of carbonyl (C=O) groups is 1. The Morgan fingerprint density at radius 2 is 1.89 bits per heavy atom. The van der Waals surface area contributed by atoms with Crippen LogP contribution in [-0.4, -0.2) is 33.5 Å². The first-order chi connectivity index (χ1) is 21.0. The molecular formula is C35H40F3N3O3. The van der Waals surface area contributed by atoms with E-state index in [-0.39, 0.29) is 23.8 Å². The molecule has 0 aliphatic heterocycles. The van der Waals surface area contributed by atoms with Crippen molar-refractivity contribution >= 4 is 22.5 Å². The number of benzene rings is 2. The van der Waals surface area contributed by atoms with Crippen molar-refractivity contribution in [3.63, 3.8) is 0 Å². The summed E-state index contributed by atoms with van der Waals surface area (Å²) in [6, 6.07) is 11.5. The highest BCUT2D eigenvalue weighted by molar-refractivity contribution is 5.80. The number of alkyl halides is 3. The maximum atomic E-state index is 14.1. The number of fused-ring (bicyclic) bond motifs is 1. The molecule has 2 aromatic carbocycles. The molecule has 6 nitrogen and oxygen atoms in total. The van der Waals surface area contributed by atoms with E-state index in [0.717, 1.165) is 42.9 Å². The molecule has 0 radical (unpaired) electrons. The van der Waals surface area contributed by atoms with Gasteiger partial charge in [-0.3, -0.25) is 14.2 Å².